The summed E-state index contributed by atoms with van der Waals surface area (Å²) in [4.78, 5) is 14.8. The highest BCUT2D eigenvalue weighted by atomic mass is 16.6. The van der Waals surface area contributed by atoms with E-state index >= 15 is 0 Å². The van der Waals surface area contributed by atoms with Crippen LogP contribution in [0.1, 0.15) is 13.8 Å². The van der Waals surface area contributed by atoms with Crippen LogP contribution in [0.2, 0.25) is 0 Å². The first-order valence-electron chi connectivity index (χ1n) is 2.30. The van der Waals surface area contributed by atoms with E-state index in [1.54, 1.807) is 6.92 Å². The van der Waals surface area contributed by atoms with E-state index < -0.39 is 6.10 Å². The predicted molar refractivity (Wildman–Crippen MR) is 30.8 cm³/mol. The van der Waals surface area contributed by atoms with Gasteiger partial charge in [0.05, 0.1) is 0 Å². The summed E-state index contributed by atoms with van der Waals surface area (Å²) in [6, 6.07) is 0. The smallest absolute Gasteiger partial charge is 0.182 e. The van der Waals surface area contributed by atoms with Gasteiger partial charge in [-0.3, -0.25) is 4.79 Å². The van der Waals surface area contributed by atoms with Gasteiger partial charge >= 0.3 is 0 Å². The van der Waals surface area contributed by atoms with E-state index in [4.69, 9.17) is 0 Å². The lowest BCUT2D eigenvalue weighted by Crippen LogP contribution is -2.13. The van der Waals surface area contributed by atoms with Crippen LogP contribution < -0.4 is 0 Å². The number of carbonyl (C=O) groups excluding carboxylic acids is 1. The van der Waals surface area contributed by atoms with Crippen LogP contribution in [0.15, 0.2) is 5.16 Å². The van der Waals surface area contributed by atoms with Crippen LogP contribution in [-0.4, -0.2) is 18.6 Å². The van der Waals surface area contributed by atoms with E-state index in [1.807, 2.05) is 0 Å². The molecule has 8 heavy (non-hydrogen) atoms. The summed E-state index contributed by atoms with van der Waals surface area (Å²) in [7, 11) is 0. The van der Waals surface area contributed by atoms with Crippen LogP contribution >= 0.6 is 0 Å². The molecule has 3 heteroatoms. The zero-order valence-electron chi connectivity index (χ0n) is 5.05. The standard InChI is InChI=1S/C5H9NO2/c1-4(7)5(2)8-6-3/h5H,3H2,1-2H3/t5-/m0/s1. The molecule has 0 amide bonds. The SMILES string of the molecule is C=NO[C@@H](C)C(C)=O. The Morgan fingerprint density at radius 3 is 2.50 bits per heavy atom. The number of nitrogens with zero attached hydrogens (tertiary/aromatic N) is 1. The van der Waals surface area contributed by atoms with Crippen molar-refractivity contribution in [2.75, 3.05) is 0 Å². The maximum absolute atomic E-state index is 10.3. The Morgan fingerprint density at radius 1 is 1.88 bits per heavy atom. The van der Waals surface area contributed by atoms with Gasteiger partial charge in [0.1, 0.15) is 0 Å². The molecule has 0 aromatic rings. The molecule has 3 nitrogen and oxygen atoms in total. The molecule has 0 heterocycles. The number of Topliss-reactive ketones (excluding diaryl/α,β-unsaturated/α-hetero) is 1. The van der Waals surface area contributed by atoms with E-state index in [0.717, 1.165) is 0 Å². The van der Waals surface area contributed by atoms with Gasteiger partial charge in [0.25, 0.3) is 0 Å². The molecule has 0 aliphatic carbocycles. The van der Waals surface area contributed by atoms with Gasteiger partial charge in [0, 0.05) is 6.72 Å². The highest BCUT2D eigenvalue weighted by Crippen LogP contribution is 1.89. The second kappa shape index (κ2) is 3.18. The highest BCUT2D eigenvalue weighted by Gasteiger charge is 2.05. The quantitative estimate of drug-likeness (QED) is 0.399. The van der Waals surface area contributed by atoms with Crippen LogP contribution in [-0.2, 0) is 9.63 Å². The topological polar surface area (TPSA) is 38.7 Å². The Kier molecular flexibility index (Phi) is 2.84. The van der Waals surface area contributed by atoms with Crippen LogP contribution in [0.5, 0.6) is 0 Å². The lowest BCUT2D eigenvalue weighted by molar-refractivity contribution is -0.127. The molecule has 0 spiro atoms. The van der Waals surface area contributed by atoms with Crippen LogP contribution in [0.3, 0.4) is 0 Å². The van der Waals surface area contributed by atoms with Crippen LogP contribution in [0, 0.1) is 0 Å². The Hall–Kier alpha value is -0.860. The molecule has 0 radical (unpaired) electrons. The third kappa shape index (κ3) is 2.34. The minimum atomic E-state index is -0.451. The maximum Gasteiger partial charge on any atom is 0.182 e. The van der Waals surface area contributed by atoms with Gasteiger partial charge in [-0.2, -0.15) is 0 Å². The number of carbonyl (C=O) groups is 1. The molecule has 0 unspecified atom stereocenters. The molecule has 0 saturated carbocycles. The molecule has 0 saturated heterocycles. The van der Waals surface area contributed by atoms with Crippen LogP contribution in [0.4, 0.5) is 0 Å². The average molecular weight is 115 g/mol. The van der Waals surface area contributed by atoms with Gasteiger partial charge in [0.2, 0.25) is 0 Å². The van der Waals surface area contributed by atoms with Gasteiger partial charge in [-0.05, 0) is 13.8 Å². The Labute approximate surface area is 48.3 Å². The van der Waals surface area contributed by atoms with Crippen molar-refractivity contribution >= 4 is 12.5 Å². The number of hydrogen-bond acceptors (Lipinski definition) is 3. The lowest BCUT2D eigenvalue weighted by atomic mass is 10.3. The second-order valence-corrected chi connectivity index (χ2v) is 1.49. The zero-order chi connectivity index (χ0) is 6.57. The molecule has 0 fully saturated rings. The first kappa shape index (κ1) is 7.14. The zero-order valence-corrected chi connectivity index (χ0v) is 5.05. The third-order valence-electron chi connectivity index (χ3n) is 0.805. The molecule has 0 aliphatic heterocycles. The summed E-state index contributed by atoms with van der Waals surface area (Å²) in [5.74, 6) is -0.0441. The van der Waals surface area contributed by atoms with Crippen molar-refractivity contribution in [3.63, 3.8) is 0 Å². The normalized spacial score (nSPS) is 12.2. The van der Waals surface area contributed by atoms with E-state index in [9.17, 15) is 4.79 Å². The van der Waals surface area contributed by atoms with Gasteiger partial charge in [-0.1, -0.05) is 0 Å². The van der Waals surface area contributed by atoms with E-state index in [2.05, 4.69) is 16.7 Å². The van der Waals surface area contributed by atoms with Crippen LogP contribution in [0.25, 0.3) is 0 Å². The first-order chi connectivity index (χ1) is 3.68. The first-order valence-corrected chi connectivity index (χ1v) is 2.30. The van der Waals surface area contributed by atoms with Gasteiger partial charge in [-0.15, -0.1) is 5.16 Å². The number of hydrogen-bond donors (Lipinski definition) is 0. The molecule has 0 aromatic carbocycles. The fourth-order valence-corrected chi connectivity index (χ4v) is 0.186. The molecule has 0 rings (SSSR count). The summed E-state index contributed by atoms with van der Waals surface area (Å²) in [6.07, 6.45) is -0.451. The molecule has 46 valence electrons. The fourth-order valence-electron chi connectivity index (χ4n) is 0.186. The van der Waals surface area contributed by atoms with Gasteiger partial charge in [-0.25, -0.2) is 0 Å². The largest absolute Gasteiger partial charge is 0.385 e. The van der Waals surface area contributed by atoms with E-state index in [-0.39, 0.29) is 5.78 Å². The van der Waals surface area contributed by atoms with Crippen molar-refractivity contribution in [1.29, 1.82) is 0 Å². The second-order valence-electron chi connectivity index (χ2n) is 1.49. The Bertz CT molecular complexity index is 101. The van der Waals surface area contributed by atoms with Crippen molar-refractivity contribution in [3.05, 3.63) is 0 Å². The summed E-state index contributed by atoms with van der Waals surface area (Å²) in [5.41, 5.74) is 0. The van der Waals surface area contributed by atoms with Gasteiger partial charge < -0.3 is 4.84 Å². The van der Waals surface area contributed by atoms with Crippen molar-refractivity contribution in [3.8, 4) is 0 Å². The Balaban J connectivity index is 3.46. The van der Waals surface area contributed by atoms with E-state index in [0.29, 0.717) is 0 Å². The molecule has 0 aliphatic rings. The molecule has 0 aromatic heterocycles. The third-order valence-corrected chi connectivity index (χ3v) is 0.805. The number of ketones is 1. The van der Waals surface area contributed by atoms with Crippen molar-refractivity contribution in [2.45, 2.75) is 20.0 Å². The van der Waals surface area contributed by atoms with Gasteiger partial charge in [0.15, 0.2) is 11.9 Å². The van der Waals surface area contributed by atoms with E-state index in [1.165, 1.54) is 6.92 Å². The maximum atomic E-state index is 10.3. The highest BCUT2D eigenvalue weighted by molar-refractivity contribution is 5.79. The summed E-state index contributed by atoms with van der Waals surface area (Å²) in [6.45, 7) is 6.12. The van der Waals surface area contributed by atoms with Crippen molar-refractivity contribution in [1.82, 2.24) is 0 Å². The summed E-state index contributed by atoms with van der Waals surface area (Å²) in [5, 5.41) is 3.09. The molecular formula is C5H9NO2. The number of oxime groups is 1. The lowest BCUT2D eigenvalue weighted by Gasteiger charge is -2.01. The molecule has 0 bridgehead atoms. The van der Waals surface area contributed by atoms with Crippen molar-refractivity contribution < 1.29 is 9.63 Å². The predicted octanol–water partition coefficient (Wildman–Crippen LogP) is 0.596. The summed E-state index contributed by atoms with van der Waals surface area (Å²) >= 11 is 0. The monoisotopic (exact) mass is 115 g/mol. The summed E-state index contributed by atoms with van der Waals surface area (Å²) < 4.78 is 0. The average Bonchev–Trinajstić information content (AvgIpc) is 1.67. The minimum Gasteiger partial charge on any atom is -0.385 e. The molecule has 1 atom stereocenters. The Morgan fingerprint density at radius 2 is 2.38 bits per heavy atom. The molecular weight excluding hydrogens is 106 g/mol. The molecule has 0 N–H and O–H groups in total. The minimum absolute atomic E-state index is 0.0441. The van der Waals surface area contributed by atoms with Crippen molar-refractivity contribution in [2.24, 2.45) is 5.16 Å². The fraction of sp³-hybridized carbons (Fsp3) is 0.600. The number of rotatable bonds is 3.